The molecule has 10 heteroatoms. The molecular weight excluding hydrogens is 480 g/mol. The molecule has 200 valence electrons. The standard InChI is InChI=1S/C19H25FN4O3.C8H10FN/c1-4-13(2)18-19(27)22(9-14-5-7-15(20)8-6-14)10-16-23(12-25)21(3)11-17(26)24(16)18;1-10-6-7-2-4-8(9)5-3-7/h5-8,12-13,16,18H,4,9-11H2,1-3H3;2-5,10H,6H2,1H3/t13?,16?,18-;/m0./s1. The summed E-state index contributed by atoms with van der Waals surface area (Å²) in [6.07, 6.45) is 0.892. The first-order chi connectivity index (χ1) is 17.7. The Morgan fingerprint density at radius 1 is 1.03 bits per heavy atom. The van der Waals surface area contributed by atoms with Gasteiger partial charge in [0, 0.05) is 20.1 Å². The number of likely N-dealkylation sites (N-methyl/N-ethyl adjacent to an activating group) is 1. The maximum absolute atomic E-state index is 13.2. The number of hydrogen-bond donors (Lipinski definition) is 1. The van der Waals surface area contributed by atoms with E-state index in [1.165, 1.54) is 29.3 Å². The number of fused-ring (bicyclic) bond motifs is 1. The van der Waals surface area contributed by atoms with Gasteiger partial charge in [0.1, 0.15) is 23.8 Å². The predicted molar refractivity (Wildman–Crippen MR) is 135 cm³/mol. The van der Waals surface area contributed by atoms with Crippen LogP contribution in [0.2, 0.25) is 0 Å². The second-order valence-corrected chi connectivity index (χ2v) is 9.42. The zero-order valence-electron chi connectivity index (χ0n) is 21.7. The van der Waals surface area contributed by atoms with Crippen LogP contribution in [0.1, 0.15) is 31.4 Å². The number of piperazine rings is 1. The van der Waals surface area contributed by atoms with E-state index in [0.29, 0.717) is 13.0 Å². The third kappa shape index (κ3) is 6.69. The molecule has 0 spiro atoms. The number of halogens is 2. The number of amides is 3. The number of carbonyl (C=O) groups is 3. The van der Waals surface area contributed by atoms with Crippen LogP contribution in [0.5, 0.6) is 0 Å². The van der Waals surface area contributed by atoms with E-state index in [-0.39, 0.29) is 42.5 Å². The van der Waals surface area contributed by atoms with E-state index in [4.69, 9.17) is 0 Å². The normalized spacial score (nSPS) is 20.8. The lowest BCUT2D eigenvalue weighted by Gasteiger charge is -2.54. The number of hydrogen-bond acceptors (Lipinski definition) is 5. The van der Waals surface area contributed by atoms with Gasteiger partial charge in [-0.25, -0.2) is 13.8 Å². The van der Waals surface area contributed by atoms with Crippen LogP contribution in [-0.2, 0) is 27.5 Å². The van der Waals surface area contributed by atoms with Crippen molar-refractivity contribution in [1.29, 1.82) is 0 Å². The quantitative estimate of drug-likeness (QED) is 0.574. The van der Waals surface area contributed by atoms with Gasteiger partial charge < -0.3 is 15.1 Å². The van der Waals surface area contributed by atoms with E-state index >= 15 is 0 Å². The molecule has 2 heterocycles. The summed E-state index contributed by atoms with van der Waals surface area (Å²) in [7, 11) is 3.55. The molecule has 3 atom stereocenters. The number of nitrogens with zero attached hydrogens (tertiary/aromatic N) is 4. The highest BCUT2D eigenvalue weighted by Gasteiger charge is 2.50. The molecular formula is C27H35F2N5O3. The van der Waals surface area contributed by atoms with Gasteiger partial charge in [-0.15, -0.1) is 0 Å². The molecule has 0 radical (unpaired) electrons. The van der Waals surface area contributed by atoms with Crippen LogP contribution in [0.15, 0.2) is 48.5 Å². The maximum Gasteiger partial charge on any atom is 0.246 e. The van der Waals surface area contributed by atoms with Gasteiger partial charge in [-0.2, -0.15) is 0 Å². The van der Waals surface area contributed by atoms with E-state index in [0.717, 1.165) is 24.1 Å². The van der Waals surface area contributed by atoms with Crippen LogP contribution in [0.3, 0.4) is 0 Å². The lowest BCUT2D eigenvalue weighted by Crippen LogP contribution is -2.74. The van der Waals surface area contributed by atoms with Crippen LogP contribution in [0.4, 0.5) is 8.78 Å². The van der Waals surface area contributed by atoms with Crippen molar-refractivity contribution in [3.8, 4) is 0 Å². The number of nitrogens with one attached hydrogen (secondary N) is 1. The maximum atomic E-state index is 13.2. The van der Waals surface area contributed by atoms with Crippen LogP contribution in [-0.4, -0.2) is 77.4 Å². The summed E-state index contributed by atoms with van der Waals surface area (Å²) in [5.74, 6) is -0.843. The van der Waals surface area contributed by atoms with Crippen molar-refractivity contribution in [3.63, 3.8) is 0 Å². The lowest BCUT2D eigenvalue weighted by atomic mass is 9.92. The summed E-state index contributed by atoms with van der Waals surface area (Å²) in [6, 6.07) is 11.9. The summed E-state index contributed by atoms with van der Waals surface area (Å²) in [4.78, 5) is 40.8. The Morgan fingerprint density at radius 3 is 2.11 bits per heavy atom. The summed E-state index contributed by atoms with van der Waals surface area (Å²) in [6.45, 7) is 5.30. The van der Waals surface area contributed by atoms with E-state index < -0.39 is 12.2 Å². The first-order valence-electron chi connectivity index (χ1n) is 12.4. The molecule has 2 fully saturated rings. The largest absolute Gasteiger partial charge is 0.333 e. The molecule has 2 aromatic rings. The third-order valence-electron chi connectivity index (χ3n) is 6.79. The zero-order chi connectivity index (χ0) is 27.1. The molecule has 0 saturated carbocycles. The topological polar surface area (TPSA) is 76.2 Å². The minimum atomic E-state index is -0.613. The van der Waals surface area contributed by atoms with Crippen molar-refractivity contribution in [2.75, 3.05) is 27.2 Å². The van der Waals surface area contributed by atoms with E-state index in [1.54, 1.807) is 46.1 Å². The Hall–Kier alpha value is -3.37. The van der Waals surface area contributed by atoms with Crippen LogP contribution in [0, 0.1) is 17.6 Å². The van der Waals surface area contributed by atoms with Crippen LogP contribution < -0.4 is 5.32 Å². The molecule has 2 aliphatic rings. The average molecular weight is 516 g/mol. The van der Waals surface area contributed by atoms with Crippen molar-refractivity contribution < 1.29 is 23.2 Å². The highest BCUT2D eigenvalue weighted by atomic mass is 19.1. The summed E-state index contributed by atoms with van der Waals surface area (Å²) < 4.78 is 25.5. The van der Waals surface area contributed by atoms with Gasteiger partial charge in [0.25, 0.3) is 0 Å². The molecule has 0 aromatic heterocycles. The van der Waals surface area contributed by atoms with Crippen LogP contribution in [0.25, 0.3) is 0 Å². The van der Waals surface area contributed by atoms with E-state index in [9.17, 15) is 23.2 Å². The fourth-order valence-corrected chi connectivity index (χ4v) is 4.64. The Labute approximate surface area is 216 Å². The predicted octanol–water partition coefficient (Wildman–Crippen LogP) is 2.60. The van der Waals surface area contributed by atoms with Crippen molar-refractivity contribution in [3.05, 3.63) is 71.3 Å². The molecule has 2 unspecified atom stereocenters. The smallest absolute Gasteiger partial charge is 0.246 e. The minimum Gasteiger partial charge on any atom is -0.333 e. The Kier molecular flexibility index (Phi) is 9.71. The van der Waals surface area contributed by atoms with E-state index in [2.05, 4.69) is 5.32 Å². The monoisotopic (exact) mass is 515 g/mol. The molecule has 2 aliphatic heterocycles. The Balaban J connectivity index is 0.000000319. The number of benzene rings is 2. The fraction of sp³-hybridized carbons (Fsp3) is 0.444. The van der Waals surface area contributed by atoms with Gasteiger partial charge in [-0.3, -0.25) is 19.4 Å². The molecule has 4 rings (SSSR count). The van der Waals surface area contributed by atoms with Gasteiger partial charge >= 0.3 is 0 Å². The van der Waals surface area contributed by atoms with Crippen molar-refractivity contribution >= 4 is 18.2 Å². The highest BCUT2D eigenvalue weighted by molar-refractivity contribution is 5.91. The highest BCUT2D eigenvalue weighted by Crippen LogP contribution is 2.30. The molecule has 0 bridgehead atoms. The van der Waals surface area contributed by atoms with Crippen LogP contribution >= 0.6 is 0 Å². The van der Waals surface area contributed by atoms with Crippen molar-refractivity contribution in [1.82, 2.24) is 25.1 Å². The number of hydrazine groups is 1. The first-order valence-corrected chi connectivity index (χ1v) is 12.4. The molecule has 8 nitrogen and oxygen atoms in total. The minimum absolute atomic E-state index is 0.0446. The summed E-state index contributed by atoms with van der Waals surface area (Å²) in [5.41, 5.74) is 1.90. The molecule has 2 aromatic carbocycles. The zero-order valence-corrected chi connectivity index (χ0v) is 21.7. The Bertz CT molecular complexity index is 1070. The molecule has 2 saturated heterocycles. The second kappa shape index (κ2) is 12.7. The van der Waals surface area contributed by atoms with Crippen molar-refractivity contribution in [2.24, 2.45) is 5.92 Å². The number of carbonyl (C=O) groups excluding carboxylic acids is 3. The van der Waals surface area contributed by atoms with Gasteiger partial charge in [0.15, 0.2) is 0 Å². The average Bonchev–Trinajstić information content (AvgIpc) is 2.88. The molecule has 0 aliphatic carbocycles. The molecule has 3 amide bonds. The van der Waals surface area contributed by atoms with Crippen molar-refractivity contribution in [2.45, 2.75) is 45.6 Å². The summed E-state index contributed by atoms with van der Waals surface area (Å²) in [5, 5.41) is 6.03. The number of rotatable bonds is 7. The van der Waals surface area contributed by atoms with Gasteiger partial charge in [-0.05, 0) is 48.4 Å². The molecule has 1 N–H and O–H groups in total. The second-order valence-electron chi connectivity index (χ2n) is 9.42. The molecule has 37 heavy (non-hydrogen) atoms. The van der Waals surface area contributed by atoms with Gasteiger partial charge in [-0.1, -0.05) is 44.5 Å². The fourth-order valence-electron chi connectivity index (χ4n) is 4.64. The summed E-state index contributed by atoms with van der Waals surface area (Å²) >= 11 is 0. The van der Waals surface area contributed by atoms with E-state index in [1.807, 2.05) is 20.9 Å². The van der Waals surface area contributed by atoms with Gasteiger partial charge in [0.2, 0.25) is 18.2 Å². The van der Waals surface area contributed by atoms with Gasteiger partial charge in [0.05, 0.1) is 13.1 Å². The third-order valence-corrected chi connectivity index (χ3v) is 6.79. The first kappa shape index (κ1) is 28.2. The Morgan fingerprint density at radius 2 is 1.59 bits per heavy atom. The lowest BCUT2D eigenvalue weighted by molar-refractivity contribution is -0.199. The SMILES string of the molecule is CCC(C)[C@H]1C(=O)N(Cc2ccc(F)cc2)CC2N1C(=O)CN(C)N2C=O.CNCc1ccc(F)cc1.